The summed E-state index contributed by atoms with van der Waals surface area (Å²) in [6.45, 7) is 1.38. The van der Waals surface area contributed by atoms with Crippen LogP contribution in [0.1, 0.15) is 6.92 Å². The molecule has 2 atom stereocenters. The molecule has 0 radical (unpaired) electrons. The monoisotopic (exact) mass is 151 g/mol. The Kier molecular flexibility index (Phi) is 3.60. The fourth-order valence-corrected chi connectivity index (χ4v) is 0.696. The van der Waals surface area contributed by atoms with Crippen LogP contribution in [0.2, 0.25) is 0 Å². The highest BCUT2D eigenvalue weighted by Gasteiger charge is 2.20. The molecular weight excluding hydrogens is 142 g/mol. The molecule has 0 aliphatic carbocycles. The third-order valence-corrected chi connectivity index (χ3v) is 1.17. The highest BCUT2D eigenvalue weighted by atomic mass is 32.1. The van der Waals surface area contributed by atoms with Crippen molar-refractivity contribution < 1.29 is 15.0 Å². The van der Waals surface area contributed by atoms with Gasteiger partial charge in [0.05, 0.1) is 6.10 Å². The Morgan fingerprint density at radius 1 is 1.78 bits per heavy atom. The summed E-state index contributed by atoms with van der Waals surface area (Å²) >= 11 is 3.50. The Morgan fingerprint density at radius 3 is 2.22 bits per heavy atom. The van der Waals surface area contributed by atoms with Crippen molar-refractivity contribution in [2.45, 2.75) is 19.1 Å². The van der Waals surface area contributed by atoms with Crippen LogP contribution in [0.5, 0.6) is 0 Å². The van der Waals surface area contributed by atoms with E-state index in [4.69, 9.17) is 10.2 Å². The molecule has 0 aliphatic heterocycles. The van der Waals surface area contributed by atoms with Gasteiger partial charge < -0.3 is 10.2 Å². The van der Waals surface area contributed by atoms with Crippen LogP contribution < -0.4 is 4.72 Å². The SMILES string of the molecule is C[C@@H](O)C(NS)C(=O)O. The smallest absolute Gasteiger partial charge is 0.324 e. The van der Waals surface area contributed by atoms with Crippen LogP contribution in [0, 0.1) is 0 Å². The van der Waals surface area contributed by atoms with E-state index in [1.54, 1.807) is 0 Å². The topological polar surface area (TPSA) is 69.6 Å². The molecule has 0 heterocycles. The maximum Gasteiger partial charge on any atom is 0.324 e. The number of thiol groups is 1. The zero-order valence-electron chi connectivity index (χ0n) is 4.90. The third-order valence-electron chi connectivity index (χ3n) is 0.888. The number of carboxylic acids is 1. The minimum atomic E-state index is -1.11. The van der Waals surface area contributed by atoms with E-state index < -0.39 is 18.1 Å². The van der Waals surface area contributed by atoms with Gasteiger partial charge in [0.15, 0.2) is 0 Å². The first-order valence-corrected chi connectivity index (χ1v) is 2.84. The average Bonchev–Trinajstić information content (AvgIpc) is 1.64. The van der Waals surface area contributed by atoms with E-state index in [2.05, 4.69) is 17.5 Å². The van der Waals surface area contributed by atoms with Crippen molar-refractivity contribution in [1.82, 2.24) is 4.72 Å². The van der Waals surface area contributed by atoms with Crippen LogP contribution in [-0.2, 0) is 4.79 Å². The second-order valence-electron chi connectivity index (χ2n) is 1.69. The third kappa shape index (κ3) is 2.69. The molecule has 0 saturated heterocycles. The predicted molar refractivity (Wildman–Crippen MR) is 35.2 cm³/mol. The average molecular weight is 151 g/mol. The van der Waals surface area contributed by atoms with E-state index >= 15 is 0 Å². The molecule has 5 heteroatoms. The molecule has 1 unspecified atom stereocenters. The Hall–Kier alpha value is -0.260. The van der Waals surface area contributed by atoms with Gasteiger partial charge in [0.25, 0.3) is 0 Å². The fraction of sp³-hybridized carbons (Fsp3) is 0.750. The maximum absolute atomic E-state index is 10.1. The largest absolute Gasteiger partial charge is 0.480 e. The van der Waals surface area contributed by atoms with Gasteiger partial charge in [-0.05, 0) is 6.92 Å². The zero-order chi connectivity index (χ0) is 7.44. The van der Waals surface area contributed by atoms with Crippen LogP contribution >= 0.6 is 12.8 Å². The van der Waals surface area contributed by atoms with Crippen LogP contribution in [0.15, 0.2) is 0 Å². The molecule has 0 aromatic rings. The van der Waals surface area contributed by atoms with Crippen molar-refractivity contribution in [3.63, 3.8) is 0 Å². The summed E-state index contributed by atoms with van der Waals surface area (Å²) in [5.41, 5.74) is 0. The number of rotatable bonds is 3. The molecule has 3 N–H and O–H groups in total. The number of nitrogens with one attached hydrogen (secondary N) is 1. The van der Waals surface area contributed by atoms with Crippen LogP contribution in [0.4, 0.5) is 0 Å². The number of carboxylic acid groups (broad SMARTS) is 1. The van der Waals surface area contributed by atoms with Crippen LogP contribution in [-0.4, -0.2) is 28.3 Å². The summed E-state index contributed by atoms with van der Waals surface area (Å²) in [7, 11) is 0. The Bertz CT molecular complexity index is 106. The lowest BCUT2D eigenvalue weighted by Gasteiger charge is -2.11. The first kappa shape index (κ1) is 8.74. The second kappa shape index (κ2) is 3.71. The van der Waals surface area contributed by atoms with Gasteiger partial charge in [-0.15, -0.1) is 0 Å². The lowest BCUT2D eigenvalue weighted by Crippen LogP contribution is -2.40. The van der Waals surface area contributed by atoms with E-state index in [0.717, 1.165) is 0 Å². The number of carbonyl (C=O) groups is 1. The molecule has 4 nitrogen and oxygen atoms in total. The summed E-state index contributed by atoms with van der Waals surface area (Å²) in [5, 5.41) is 17.0. The lowest BCUT2D eigenvalue weighted by molar-refractivity contribution is -0.141. The van der Waals surface area contributed by atoms with E-state index in [1.807, 2.05) is 0 Å². The summed E-state index contributed by atoms with van der Waals surface area (Å²) in [5.74, 6) is -1.11. The Morgan fingerprint density at radius 2 is 2.22 bits per heavy atom. The van der Waals surface area contributed by atoms with Gasteiger partial charge in [-0.2, -0.15) is 0 Å². The molecule has 54 valence electrons. The second-order valence-corrected chi connectivity index (χ2v) is 1.94. The predicted octanol–water partition coefficient (Wildman–Crippen LogP) is -0.745. The molecule has 0 amide bonds. The number of hydrogen-bond donors (Lipinski definition) is 4. The fourth-order valence-electron chi connectivity index (χ4n) is 0.369. The number of aliphatic hydroxyl groups excluding tert-OH is 1. The zero-order valence-corrected chi connectivity index (χ0v) is 5.80. The highest BCUT2D eigenvalue weighted by molar-refractivity contribution is 7.78. The lowest BCUT2D eigenvalue weighted by atomic mass is 10.2. The van der Waals surface area contributed by atoms with Crippen LogP contribution in [0.25, 0.3) is 0 Å². The van der Waals surface area contributed by atoms with E-state index in [1.165, 1.54) is 6.92 Å². The molecule has 0 aromatic carbocycles. The van der Waals surface area contributed by atoms with Gasteiger partial charge in [0.1, 0.15) is 6.04 Å². The highest BCUT2D eigenvalue weighted by Crippen LogP contribution is 1.92. The Balaban J connectivity index is 3.83. The molecular formula is C4H9NO3S. The van der Waals surface area contributed by atoms with Gasteiger partial charge in [-0.25, -0.2) is 0 Å². The number of aliphatic carboxylic acids is 1. The molecule has 0 rings (SSSR count). The summed E-state index contributed by atoms with van der Waals surface area (Å²) in [6.07, 6.45) is -0.931. The number of hydrogen-bond acceptors (Lipinski definition) is 4. The normalized spacial score (nSPS) is 16.8. The first-order valence-electron chi connectivity index (χ1n) is 2.40. The number of aliphatic hydroxyl groups is 1. The van der Waals surface area contributed by atoms with Crippen LogP contribution in [0.3, 0.4) is 0 Å². The minimum absolute atomic E-state index is 0.931. The van der Waals surface area contributed by atoms with Crippen molar-refractivity contribution >= 4 is 18.8 Å². The molecule has 0 aliphatic rings. The van der Waals surface area contributed by atoms with Crippen molar-refractivity contribution in [1.29, 1.82) is 0 Å². The summed E-state index contributed by atoms with van der Waals surface area (Å²) < 4.78 is 2.15. The molecule has 0 saturated carbocycles. The molecule has 9 heavy (non-hydrogen) atoms. The molecule has 0 spiro atoms. The summed E-state index contributed by atoms with van der Waals surface area (Å²) in [6, 6.07) is -0.992. The van der Waals surface area contributed by atoms with Crippen molar-refractivity contribution in [3.05, 3.63) is 0 Å². The van der Waals surface area contributed by atoms with Gasteiger partial charge >= 0.3 is 5.97 Å². The van der Waals surface area contributed by atoms with Crippen molar-refractivity contribution in [2.24, 2.45) is 0 Å². The molecule has 0 fully saturated rings. The van der Waals surface area contributed by atoms with Crippen molar-refractivity contribution in [2.75, 3.05) is 0 Å². The van der Waals surface area contributed by atoms with E-state index in [-0.39, 0.29) is 0 Å². The van der Waals surface area contributed by atoms with Crippen molar-refractivity contribution in [3.8, 4) is 0 Å². The summed E-state index contributed by atoms with van der Waals surface area (Å²) in [4.78, 5) is 10.1. The standard InChI is InChI=1S/C4H9NO3S/c1-2(6)3(5-9)4(7)8/h2-3,5-6,9H,1H3,(H,7,8)/t2-,3?/m1/s1. The van der Waals surface area contributed by atoms with E-state index in [0.29, 0.717) is 0 Å². The van der Waals surface area contributed by atoms with Gasteiger partial charge in [-0.3, -0.25) is 9.52 Å². The van der Waals surface area contributed by atoms with Gasteiger partial charge in [0.2, 0.25) is 0 Å². The van der Waals surface area contributed by atoms with E-state index in [9.17, 15) is 4.79 Å². The van der Waals surface area contributed by atoms with Gasteiger partial charge in [0, 0.05) is 0 Å². The maximum atomic E-state index is 10.1. The quantitative estimate of drug-likeness (QED) is 0.401. The minimum Gasteiger partial charge on any atom is -0.480 e. The Labute approximate surface area is 58.4 Å². The molecule has 0 bridgehead atoms. The first-order chi connectivity index (χ1) is 4.09. The molecule has 0 aromatic heterocycles. The van der Waals surface area contributed by atoms with Gasteiger partial charge in [-0.1, -0.05) is 12.8 Å².